The van der Waals surface area contributed by atoms with Gasteiger partial charge >= 0.3 is 0 Å². The van der Waals surface area contributed by atoms with Crippen molar-refractivity contribution in [2.75, 3.05) is 0 Å². The van der Waals surface area contributed by atoms with Crippen LogP contribution in [0.4, 0.5) is 0 Å². The van der Waals surface area contributed by atoms with Gasteiger partial charge in [0.05, 0.1) is 11.6 Å². The third-order valence-electron chi connectivity index (χ3n) is 6.99. The molecule has 2 saturated carbocycles. The van der Waals surface area contributed by atoms with Crippen LogP contribution in [-0.2, 0) is 5.54 Å². The lowest BCUT2D eigenvalue weighted by atomic mass is 9.53. The second-order valence-electron chi connectivity index (χ2n) is 10.0. The van der Waals surface area contributed by atoms with E-state index in [0.29, 0.717) is 11.1 Å². The molecule has 2 heterocycles. The van der Waals surface area contributed by atoms with Gasteiger partial charge in [0.2, 0.25) is 5.88 Å². The molecule has 0 aliphatic heterocycles. The van der Waals surface area contributed by atoms with E-state index in [-0.39, 0.29) is 34.9 Å². The molecule has 3 N–H and O–H groups in total. The Hall–Kier alpha value is -3.45. The number of aromatic nitrogens is 3. The molecule has 2 aliphatic rings. The number of nitrogens with two attached hydrogens (primary N) is 1. The van der Waals surface area contributed by atoms with E-state index in [9.17, 15) is 14.9 Å². The van der Waals surface area contributed by atoms with Gasteiger partial charge in [-0.3, -0.25) is 9.59 Å². The first-order valence-corrected chi connectivity index (χ1v) is 12.2. The van der Waals surface area contributed by atoms with Crippen LogP contribution in [0.3, 0.4) is 0 Å². The largest absolute Gasteiger partial charge is 0.474 e. The lowest BCUT2D eigenvalue weighted by Gasteiger charge is -2.57. The number of halogens is 1. The highest BCUT2D eigenvalue weighted by Gasteiger charge is 2.54. The Balaban J connectivity index is 1.22. The summed E-state index contributed by atoms with van der Waals surface area (Å²) >= 11 is 3.46. The van der Waals surface area contributed by atoms with Gasteiger partial charge in [-0.25, -0.2) is 9.67 Å². The Labute approximate surface area is 210 Å². The molecule has 2 aliphatic carbocycles. The molecule has 1 aromatic carbocycles. The Morgan fingerprint density at radius 2 is 2.03 bits per heavy atom. The molecule has 0 saturated heterocycles. The molecule has 2 amide bonds. The van der Waals surface area contributed by atoms with Crippen LogP contribution in [0.5, 0.6) is 5.88 Å². The molecule has 1 spiro atoms. The summed E-state index contributed by atoms with van der Waals surface area (Å²) in [7, 11) is 0. The van der Waals surface area contributed by atoms with E-state index in [1.807, 2.05) is 18.2 Å². The van der Waals surface area contributed by atoms with Crippen molar-refractivity contribution in [3.63, 3.8) is 0 Å². The molecule has 0 unspecified atom stereocenters. The quantitative estimate of drug-likeness (QED) is 0.493. The van der Waals surface area contributed by atoms with Gasteiger partial charge in [-0.1, -0.05) is 15.9 Å². The van der Waals surface area contributed by atoms with Crippen molar-refractivity contribution in [3.8, 4) is 11.9 Å². The van der Waals surface area contributed by atoms with Crippen LogP contribution in [0, 0.1) is 16.7 Å². The Morgan fingerprint density at radius 1 is 1.29 bits per heavy atom. The minimum atomic E-state index is -0.902. The third-order valence-corrected chi connectivity index (χ3v) is 7.48. The number of benzene rings is 1. The van der Waals surface area contributed by atoms with Gasteiger partial charge in [0.25, 0.3) is 11.8 Å². The normalized spacial score (nSPS) is 23.3. The zero-order valence-corrected chi connectivity index (χ0v) is 21.0. The van der Waals surface area contributed by atoms with Crippen LogP contribution >= 0.6 is 15.9 Å². The Bertz CT molecular complexity index is 1380. The standard InChI is InChI=1S/C25H25BrN6O3/c1-24(2,13-27)32-19-8-14(26)5-6-17(19)20(31-32)22(34)30-15-9-25(10-15)11-16(12-25)35-23-18(21(28)33)4-3-7-29-23/h3-8,15-16H,9-12H2,1-2H3,(H2,28,33)(H,30,34). The van der Waals surface area contributed by atoms with Crippen LogP contribution in [0.15, 0.2) is 41.0 Å². The summed E-state index contributed by atoms with van der Waals surface area (Å²) in [5.74, 6) is -0.524. The zero-order chi connectivity index (χ0) is 25.0. The van der Waals surface area contributed by atoms with Crippen molar-refractivity contribution in [2.24, 2.45) is 11.1 Å². The first-order valence-electron chi connectivity index (χ1n) is 11.4. The summed E-state index contributed by atoms with van der Waals surface area (Å²) in [5.41, 5.74) is 5.97. The molecule has 5 rings (SSSR count). The highest BCUT2D eigenvalue weighted by Crippen LogP contribution is 2.56. The van der Waals surface area contributed by atoms with Crippen molar-refractivity contribution in [2.45, 2.75) is 57.2 Å². The number of pyridine rings is 1. The van der Waals surface area contributed by atoms with Gasteiger partial charge in [-0.2, -0.15) is 10.4 Å². The van der Waals surface area contributed by atoms with Gasteiger partial charge in [0.15, 0.2) is 5.69 Å². The number of nitrogens with one attached hydrogen (secondary N) is 1. The minimum Gasteiger partial charge on any atom is -0.474 e. The molecule has 35 heavy (non-hydrogen) atoms. The Morgan fingerprint density at radius 3 is 2.71 bits per heavy atom. The SMILES string of the molecule is CC(C)(C#N)n1nc(C(=O)NC2CC3(C2)CC(Oc2ncccc2C(N)=O)C3)c2ccc(Br)cc21. The number of ether oxygens (including phenoxy) is 1. The number of nitrogens with zero attached hydrogens (tertiary/aromatic N) is 4. The molecule has 0 radical (unpaired) electrons. The van der Waals surface area contributed by atoms with Crippen LogP contribution in [0.2, 0.25) is 0 Å². The van der Waals surface area contributed by atoms with Crippen LogP contribution in [0.1, 0.15) is 60.4 Å². The van der Waals surface area contributed by atoms with E-state index in [1.165, 1.54) is 0 Å². The van der Waals surface area contributed by atoms with E-state index >= 15 is 0 Å². The average molecular weight is 537 g/mol. The summed E-state index contributed by atoms with van der Waals surface area (Å²) in [6.45, 7) is 3.54. The Kier molecular flexibility index (Phi) is 5.55. The molecule has 0 bridgehead atoms. The van der Waals surface area contributed by atoms with Gasteiger partial charge in [0, 0.05) is 22.1 Å². The predicted octanol–water partition coefficient (Wildman–Crippen LogP) is 3.67. The number of primary amides is 1. The fourth-order valence-electron chi connectivity index (χ4n) is 5.22. The number of carbonyl (C=O) groups excluding carboxylic acids is 2. The minimum absolute atomic E-state index is 0.0223. The number of nitriles is 1. The van der Waals surface area contributed by atoms with Gasteiger partial charge in [-0.05, 0) is 75.3 Å². The van der Waals surface area contributed by atoms with Gasteiger partial charge in [0.1, 0.15) is 17.2 Å². The topological polar surface area (TPSA) is 136 Å². The van der Waals surface area contributed by atoms with Crippen LogP contribution in [0.25, 0.3) is 10.9 Å². The summed E-state index contributed by atoms with van der Waals surface area (Å²) < 4.78 is 8.38. The second kappa shape index (κ2) is 8.34. The highest BCUT2D eigenvalue weighted by atomic mass is 79.9. The lowest BCUT2D eigenvalue weighted by molar-refractivity contribution is -0.0848. The fraction of sp³-hybridized carbons (Fsp3) is 0.400. The smallest absolute Gasteiger partial charge is 0.272 e. The molecule has 0 atom stereocenters. The van der Waals surface area contributed by atoms with E-state index in [1.54, 1.807) is 36.9 Å². The number of hydrogen-bond acceptors (Lipinski definition) is 6. The number of fused-ring (bicyclic) bond motifs is 1. The molecular formula is C25H25BrN6O3. The summed E-state index contributed by atoms with van der Waals surface area (Å²) in [4.78, 5) is 28.9. The highest BCUT2D eigenvalue weighted by molar-refractivity contribution is 9.10. The number of hydrogen-bond donors (Lipinski definition) is 2. The summed E-state index contributed by atoms with van der Waals surface area (Å²) in [5, 5.41) is 18.0. The number of rotatable bonds is 6. The number of carbonyl (C=O) groups is 2. The van der Waals surface area contributed by atoms with E-state index in [0.717, 1.165) is 35.7 Å². The lowest BCUT2D eigenvalue weighted by Crippen LogP contribution is -2.58. The van der Waals surface area contributed by atoms with E-state index < -0.39 is 11.4 Å². The van der Waals surface area contributed by atoms with Gasteiger partial charge < -0.3 is 15.8 Å². The first-order chi connectivity index (χ1) is 16.6. The maximum atomic E-state index is 13.1. The average Bonchev–Trinajstić information content (AvgIpc) is 3.16. The summed E-state index contributed by atoms with van der Waals surface area (Å²) in [6, 6.07) is 11.1. The molecule has 3 aromatic rings. The second-order valence-corrected chi connectivity index (χ2v) is 11.0. The predicted molar refractivity (Wildman–Crippen MR) is 132 cm³/mol. The van der Waals surface area contributed by atoms with Crippen molar-refractivity contribution in [1.29, 1.82) is 5.26 Å². The van der Waals surface area contributed by atoms with E-state index in [4.69, 9.17) is 10.5 Å². The van der Waals surface area contributed by atoms with Crippen molar-refractivity contribution in [3.05, 3.63) is 52.3 Å². The van der Waals surface area contributed by atoms with E-state index in [2.05, 4.69) is 37.4 Å². The third kappa shape index (κ3) is 4.14. The van der Waals surface area contributed by atoms with Crippen molar-refractivity contribution in [1.82, 2.24) is 20.1 Å². The molecule has 180 valence electrons. The number of amides is 2. The molecule has 2 fully saturated rings. The van der Waals surface area contributed by atoms with Crippen LogP contribution < -0.4 is 15.8 Å². The maximum Gasteiger partial charge on any atom is 0.272 e. The van der Waals surface area contributed by atoms with Gasteiger partial charge in [-0.15, -0.1) is 0 Å². The zero-order valence-electron chi connectivity index (χ0n) is 19.4. The molecular weight excluding hydrogens is 512 g/mol. The summed E-state index contributed by atoms with van der Waals surface area (Å²) in [6.07, 6.45) is 4.96. The maximum absolute atomic E-state index is 13.1. The molecule has 2 aromatic heterocycles. The van der Waals surface area contributed by atoms with Crippen molar-refractivity contribution < 1.29 is 14.3 Å². The van der Waals surface area contributed by atoms with Crippen molar-refractivity contribution >= 4 is 38.6 Å². The first kappa shape index (κ1) is 23.3. The van der Waals surface area contributed by atoms with Crippen LogP contribution in [-0.4, -0.2) is 38.7 Å². The molecule has 9 nitrogen and oxygen atoms in total. The fourth-order valence-corrected chi connectivity index (χ4v) is 5.57. The monoisotopic (exact) mass is 536 g/mol. The molecule has 10 heteroatoms.